The van der Waals surface area contributed by atoms with Gasteiger partial charge in [0.15, 0.2) is 0 Å². The van der Waals surface area contributed by atoms with Gasteiger partial charge in [-0.3, -0.25) is 9.59 Å². The Morgan fingerprint density at radius 2 is 1.91 bits per heavy atom. The van der Waals surface area contributed by atoms with Crippen molar-refractivity contribution in [1.29, 1.82) is 0 Å². The highest BCUT2D eigenvalue weighted by Crippen LogP contribution is 2.36. The summed E-state index contributed by atoms with van der Waals surface area (Å²) >= 11 is 7.41. The predicted molar refractivity (Wildman–Crippen MR) is 89.4 cm³/mol. The molecule has 0 saturated heterocycles. The van der Waals surface area contributed by atoms with Crippen LogP contribution in [0.1, 0.15) is 6.42 Å². The van der Waals surface area contributed by atoms with E-state index in [1.807, 2.05) is 24.3 Å². The number of halogens is 1. The van der Waals surface area contributed by atoms with Gasteiger partial charge in [-0.25, -0.2) is 0 Å². The van der Waals surface area contributed by atoms with Gasteiger partial charge in [0.25, 0.3) is 0 Å². The van der Waals surface area contributed by atoms with Gasteiger partial charge in [-0.2, -0.15) is 0 Å². The zero-order valence-electron chi connectivity index (χ0n) is 11.5. The van der Waals surface area contributed by atoms with Crippen LogP contribution in [-0.4, -0.2) is 17.1 Å². The molecule has 1 atom stereocenters. The first-order chi connectivity index (χ1) is 10.6. The van der Waals surface area contributed by atoms with Gasteiger partial charge in [-0.05, 0) is 24.3 Å². The Labute approximate surface area is 137 Å². The third kappa shape index (κ3) is 3.26. The van der Waals surface area contributed by atoms with Gasteiger partial charge in [-0.1, -0.05) is 35.9 Å². The molecule has 112 valence electrons. The van der Waals surface area contributed by atoms with Crippen molar-refractivity contribution in [2.24, 2.45) is 0 Å². The number of carbonyl (C=O) groups is 2. The van der Waals surface area contributed by atoms with E-state index in [2.05, 4.69) is 10.6 Å². The van der Waals surface area contributed by atoms with E-state index in [9.17, 15) is 9.59 Å². The van der Waals surface area contributed by atoms with E-state index in [1.165, 1.54) is 11.8 Å². The second kappa shape index (κ2) is 6.42. The number of carbonyl (C=O) groups excluding carboxylic acids is 2. The van der Waals surface area contributed by atoms with Crippen LogP contribution in [0.25, 0.3) is 0 Å². The SMILES string of the molecule is O=C(C[C@H]1Sc2ccccc2NC1=O)Nc1ccccc1Cl. The lowest BCUT2D eigenvalue weighted by molar-refractivity contribution is -0.120. The number of thioether (sulfide) groups is 1. The summed E-state index contributed by atoms with van der Waals surface area (Å²) in [5, 5.41) is 5.59. The molecule has 2 aromatic carbocycles. The van der Waals surface area contributed by atoms with E-state index in [4.69, 9.17) is 11.6 Å². The summed E-state index contributed by atoms with van der Waals surface area (Å²) in [5.41, 5.74) is 1.34. The average molecular weight is 333 g/mol. The van der Waals surface area contributed by atoms with E-state index < -0.39 is 5.25 Å². The summed E-state index contributed by atoms with van der Waals surface area (Å²) in [6.45, 7) is 0. The van der Waals surface area contributed by atoms with Crippen LogP contribution in [0, 0.1) is 0 Å². The third-order valence-electron chi connectivity index (χ3n) is 3.23. The number of rotatable bonds is 3. The molecule has 0 spiro atoms. The highest BCUT2D eigenvalue weighted by molar-refractivity contribution is 8.01. The average Bonchev–Trinajstić information content (AvgIpc) is 2.50. The van der Waals surface area contributed by atoms with Gasteiger partial charge in [-0.15, -0.1) is 11.8 Å². The second-order valence-corrected chi connectivity index (χ2v) is 6.48. The molecule has 0 aromatic heterocycles. The molecule has 2 N–H and O–H groups in total. The number of hydrogen-bond acceptors (Lipinski definition) is 3. The van der Waals surface area contributed by atoms with Gasteiger partial charge < -0.3 is 10.6 Å². The Bertz CT molecular complexity index is 736. The molecule has 0 radical (unpaired) electrons. The van der Waals surface area contributed by atoms with Crippen molar-refractivity contribution in [3.05, 3.63) is 53.6 Å². The van der Waals surface area contributed by atoms with Crippen LogP contribution in [0.15, 0.2) is 53.4 Å². The van der Waals surface area contributed by atoms with Crippen LogP contribution in [0.4, 0.5) is 11.4 Å². The van der Waals surface area contributed by atoms with Gasteiger partial charge in [0.05, 0.1) is 21.6 Å². The summed E-state index contributed by atoms with van der Waals surface area (Å²) in [7, 11) is 0. The molecule has 0 unspecified atom stereocenters. The van der Waals surface area contributed by atoms with Gasteiger partial charge in [0.1, 0.15) is 0 Å². The quantitative estimate of drug-likeness (QED) is 0.899. The maximum absolute atomic E-state index is 12.1. The number of anilines is 2. The topological polar surface area (TPSA) is 58.2 Å². The molecule has 1 aliphatic heterocycles. The number of hydrogen-bond donors (Lipinski definition) is 2. The van der Waals surface area contributed by atoms with E-state index >= 15 is 0 Å². The zero-order chi connectivity index (χ0) is 15.5. The molecule has 0 bridgehead atoms. The summed E-state index contributed by atoms with van der Waals surface area (Å²) in [4.78, 5) is 25.2. The van der Waals surface area contributed by atoms with E-state index in [-0.39, 0.29) is 18.2 Å². The van der Waals surface area contributed by atoms with Crippen LogP contribution in [0.2, 0.25) is 5.02 Å². The molecule has 1 heterocycles. The first-order valence-corrected chi connectivity index (χ1v) is 8.00. The molecule has 6 heteroatoms. The fourth-order valence-corrected chi connectivity index (χ4v) is 3.45. The molecule has 0 fully saturated rings. The summed E-state index contributed by atoms with van der Waals surface area (Å²) < 4.78 is 0. The minimum atomic E-state index is -0.447. The minimum Gasteiger partial charge on any atom is -0.325 e. The highest BCUT2D eigenvalue weighted by atomic mass is 35.5. The van der Waals surface area contributed by atoms with Crippen LogP contribution < -0.4 is 10.6 Å². The number of nitrogens with one attached hydrogen (secondary N) is 2. The van der Waals surface area contributed by atoms with Crippen molar-refractivity contribution in [2.75, 3.05) is 10.6 Å². The van der Waals surface area contributed by atoms with E-state index in [0.29, 0.717) is 10.7 Å². The lowest BCUT2D eigenvalue weighted by Crippen LogP contribution is -2.32. The maximum atomic E-state index is 12.1. The molecule has 2 aromatic rings. The summed E-state index contributed by atoms with van der Waals surface area (Å²) in [5.74, 6) is -0.391. The monoisotopic (exact) mass is 332 g/mol. The standard InChI is InChI=1S/C16H13ClN2O2S/c17-10-5-1-2-6-11(10)18-15(20)9-14-16(21)19-12-7-3-4-8-13(12)22-14/h1-8,14H,9H2,(H,18,20)(H,19,21)/t14-/m1/s1. The summed E-state index contributed by atoms with van der Waals surface area (Å²) in [6, 6.07) is 14.6. The van der Waals surface area contributed by atoms with Gasteiger partial charge in [0.2, 0.25) is 11.8 Å². The number of benzene rings is 2. The number of para-hydroxylation sites is 2. The van der Waals surface area contributed by atoms with Gasteiger partial charge >= 0.3 is 0 Å². The molecule has 22 heavy (non-hydrogen) atoms. The Hall–Kier alpha value is -1.98. The molecular weight excluding hydrogens is 320 g/mol. The van der Waals surface area contributed by atoms with Crippen molar-refractivity contribution < 1.29 is 9.59 Å². The predicted octanol–water partition coefficient (Wildman–Crippen LogP) is 3.78. The Morgan fingerprint density at radius 3 is 2.73 bits per heavy atom. The Kier molecular flexibility index (Phi) is 4.36. The van der Waals surface area contributed by atoms with Crippen LogP contribution in [-0.2, 0) is 9.59 Å². The fraction of sp³-hybridized carbons (Fsp3) is 0.125. The minimum absolute atomic E-state index is 0.0933. The molecule has 4 nitrogen and oxygen atoms in total. The Balaban J connectivity index is 1.67. The Morgan fingerprint density at radius 1 is 1.18 bits per heavy atom. The fourth-order valence-electron chi connectivity index (χ4n) is 2.16. The van der Waals surface area contributed by atoms with E-state index in [1.54, 1.807) is 24.3 Å². The van der Waals surface area contributed by atoms with E-state index in [0.717, 1.165) is 10.6 Å². The van der Waals surface area contributed by atoms with Crippen molar-refractivity contribution in [3.8, 4) is 0 Å². The molecule has 0 saturated carbocycles. The first-order valence-electron chi connectivity index (χ1n) is 6.74. The van der Waals surface area contributed by atoms with Crippen molar-refractivity contribution in [1.82, 2.24) is 0 Å². The number of fused-ring (bicyclic) bond motifs is 1. The molecule has 0 aliphatic carbocycles. The lowest BCUT2D eigenvalue weighted by Gasteiger charge is -2.23. The van der Waals surface area contributed by atoms with Crippen LogP contribution in [0.3, 0.4) is 0 Å². The smallest absolute Gasteiger partial charge is 0.238 e. The second-order valence-electron chi connectivity index (χ2n) is 4.82. The lowest BCUT2D eigenvalue weighted by atomic mass is 10.2. The molecular formula is C16H13ClN2O2S. The van der Waals surface area contributed by atoms with Crippen LogP contribution in [0.5, 0.6) is 0 Å². The van der Waals surface area contributed by atoms with Crippen molar-refractivity contribution in [3.63, 3.8) is 0 Å². The van der Waals surface area contributed by atoms with Gasteiger partial charge in [0, 0.05) is 11.3 Å². The van der Waals surface area contributed by atoms with Crippen molar-refractivity contribution in [2.45, 2.75) is 16.6 Å². The zero-order valence-corrected chi connectivity index (χ0v) is 13.1. The largest absolute Gasteiger partial charge is 0.325 e. The maximum Gasteiger partial charge on any atom is 0.238 e. The molecule has 2 amide bonds. The highest BCUT2D eigenvalue weighted by Gasteiger charge is 2.28. The number of amides is 2. The van der Waals surface area contributed by atoms with Crippen molar-refractivity contribution >= 4 is 46.6 Å². The molecule has 1 aliphatic rings. The normalized spacial score (nSPS) is 16.6. The summed E-state index contributed by atoms with van der Waals surface area (Å²) in [6.07, 6.45) is 0.0933. The molecule has 3 rings (SSSR count). The third-order valence-corrected chi connectivity index (χ3v) is 4.83. The van der Waals surface area contributed by atoms with Crippen LogP contribution >= 0.6 is 23.4 Å². The first kappa shape index (κ1) is 14.9.